The van der Waals surface area contributed by atoms with Gasteiger partial charge in [-0.05, 0) is 43.4 Å². The minimum atomic E-state index is -5.41. The fourth-order valence-corrected chi connectivity index (χ4v) is 5.12. The van der Waals surface area contributed by atoms with Crippen molar-refractivity contribution < 1.29 is 33.8 Å². The van der Waals surface area contributed by atoms with Gasteiger partial charge in [0.05, 0.1) is 11.0 Å². The van der Waals surface area contributed by atoms with E-state index in [4.69, 9.17) is 19.6 Å². The normalized spacial score (nSPS) is 13.5. The zero-order valence-electron chi connectivity index (χ0n) is 14.3. The first-order valence-electron chi connectivity index (χ1n) is 7.77. The van der Waals surface area contributed by atoms with Gasteiger partial charge in [0, 0.05) is 14.1 Å². The van der Waals surface area contributed by atoms with Crippen LogP contribution in [0.5, 0.6) is 0 Å². The van der Waals surface area contributed by atoms with Gasteiger partial charge >= 0.3 is 20.9 Å². The van der Waals surface area contributed by atoms with E-state index >= 15 is 0 Å². The number of fused-ring (bicyclic) bond motifs is 1. The Morgan fingerprint density at radius 3 is 2.04 bits per heavy atom. The summed E-state index contributed by atoms with van der Waals surface area (Å²) in [4.78, 5) is 48.3. The highest BCUT2D eigenvalue weighted by Crippen LogP contribution is 2.69. The molecule has 0 atom stereocenters. The van der Waals surface area contributed by atoms with E-state index in [1.807, 2.05) is 6.07 Å². The lowest BCUT2D eigenvalue weighted by Gasteiger charge is -2.29. The lowest BCUT2D eigenvalue weighted by molar-refractivity contribution is 0.120. The van der Waals surface area contributed by atoms with Gasteiger partial charge in [0.1, 0.15) is 0 Å². The summed E-state index contributed by atoms with van der Waals surface area (Å²) < 4.78 is 25.6. The molecule has 0 aliphatic rings. The number of aromatic nitrogens is 2. The van der Waals surface area contributed by atoms with Crippen molar-refractivity contribution in [3.8, 4) is 0 Å². The average Bonchev–Trinajstić information content (AvgIpc) is 2.73. The quantitative estimate of drug-likeness (QED) is 0.328. The highest BCUT2D eigenvalue weighted by atomic mass is 31.2. The molecule has 0 saturated heterocycles. The molecule has 0 unspecified atom stereocenters. The Kier molecular flexibility index (Phi) is 5.71. The van der Waals surface area contributed by atoms with Gasteiger partial charge in [-0.3, -0.25) is 18.3 Å². The molecule has 0 bridgehead atoms. The molecule has 2 aromatic rings. The molecule has 1 aromatic carbocycles. The highest BCUT2D eigenvalue weighted by Gasteiger charge is 2.58. The Hall–Kier alpha value is -1.25. The van der Waals surface area contributed by atoms with E-state index in [-0.39, 0.29) is 12.1 Å². The molecule has 0 aliphatic carbocycles. The average molecular weight is 408 g/mol. The number of aryl methyl sites for hydroxylation is 3. The maximum absolute atomic E-state index is 11.9. The van der Waals surface area contributed by atoms with Crippen LogP contribution in [-0.2, 0) is 29.6 Å². The molecule has 12 heteroatoms. The minimum absolute atomic E-state index is 0.00151. The summed E-state index contributed by atoms with van der Waals surface area (Å²) >= 11 is 0. The molecule has 10 nitrogen and oxygen atoms in total. The van der Waals surface area contributed by atoms with Crippen LogP contribution in [0.2, 0.25) is 0 Å². The van der Waals surface area contributed by atoms with Gasteiger partial charge in [0.25, 0.3) is 5.08 Å². The maximum atomic E-state index is 11.9. The topological polar surface area (TPSA) is 162 Å². The number of unbranched alkanes of at least 4 members (excludes halogenated alkanes) is 1. The molecule has 2 rings (SSSR count). The van der Waals surface area contributed by atoms with Crippen molar-refractivity contribution in [1.82, 2.24) is 9.13 Å². The number of hydrogen-bond donors (Lipinski definition) is 5. The third kappa shape index (κ3) is 3.73. The van der Waals surface area contributed by atoms with Gasteiger partial charge in [0.15, 0.2) is 0 Å². The summed E-state index contributed by atoms with van der Waals surface area (Å²) in [6, 6.07) is 5.41. The molecule has 0 spiro atoms. The number of imidazole rings is 1. The number of hydrogen-bond acceptors (Lipinski definition) is 4. The highest BCUT2D eigenvalue weighted by molar-refractivity contribution is 7.72. The molecule has 0 fully saturated rings. The Balaban J connectivity index is 2.09. The Morgan fingerprint density at radius 1 is 0.962 bits per heavy atom. The monoisotopic (exact) mass is 408 g/mol. The fraction of sp³-hybridized carbons (Fsp3) is 0.500. The Bertz CT molecular complexity index is 945. The van der Waals surface area contributed by atoms with Crippen LogP contribution in [0.1, 0.15) is 24.8 Å². The van der Waals surface area contributed by atoms with Crippen LogP contribution in [0.3, 0.4) is 0 Å². The van der Waals surface area contributed by atoms with Crippen LogP contribution in [-0.4, -0.2) is 38.9 Å². The summed E-state index contributed by atoms with van der Waals surface area (Å²) in [5.74, 6) is 0. The van der Waals surface area contributed by atoms with Gasteiger partial charge in [-0.1, -0.05) is 6.07 Å². The molecule has 146 valence electrons. The molecule has 1 heterocycles. The summed E-state index contributed by atoms with van der Waals surface area (Å²) in [6.07, 6.45) is 0.0676. The third-order valence-corrected chi connectivity index (χ3v) is 8.37. The van der Waals surface area contributed by atoms with Gasteiger partial charge in [0.2, 0.25) is 0 Å². The van der Waals surface area contributed by atoms with Gasteiger partial charge < -0.3 is 24.7 Å². The van der Waals surface area contributed by atoms with E-state index in [9.17, 15) is 19.0 Å². The molecule has 26 heavy (non-hydrogen) atoms. The van der Waals surface area contributed by atoms with E-state index in [1.54, 1.807) is 26.2 Å². The Labute approximate surface area is 149 Å². The smallest absolute Gasteiger partial charge is 0.368 e. The largest absolute Gasteiger partial charge is 0.369 e. The first-order chi connectivity index (χ1) is 11.8. The van der Waals surface area contributed by atoms with E-state index in [0.717, 1.165) is 16.6 Å². The van der Waals surface area contributed by atoms with E-state index < -0.39 is 26.7 Å². The lowest BCUT2D eigenvalue weighted by atomic mass is 10.1. The lowest BCUT2D eigenvalue weighted by Crippen LogP contribution is -2.28. The second-order valence-electron chi connectivity index (χ2n) is 6.29. The summed E-state index contributed by atoms with van der Waals surface area (Å²) in [5.41, 5.74) is 2.19. The molecule has 0 saturated carbocycles. The summed E-state index contributed by atoms with van der Waals surface area (Å²) in [6.45, 7) is 0. The molecular weight excluding hydrogens is 386 g/mol. The predicted octanol–water partition coefficient (Wildman–Crippen LogP) is 0.591. The van der Waals surface area contributed by atoms with Crippen LogP contribution in [0.4, 0.5) is 0 Å². The van der Waals surface area contributed by atoms with Crippen molar-refractivity contribution in [2.24, 2.45) is 14.1 Å². The van der Waals surface area contributed by atoms with E-state index in [0.29, 0.717) is 12.8 Å². The van der Waals surface area contributed by atoms with Crippen molar-refractivity contribution in [2.75, 3.05) is 0 Å². The molecular formula is C14H22N2O8P2. The zero-order chi connectivity index (χ0) is 19.9. The number of rotatable bonds is 7. The van der Waals surface area contributed by atoms with Crippen molar-refractivity contribution in [1.29, 1.82) is 0 Å². The van der Waals surface area contributed by atoms with Crippen LogP contribution < -0.4 is 5.69 Å². The predicted molar refractivity (Wildman–Crippen MR) is 94.8 cm³/mol. The summed E-state index contributed by atoms with van der Waals surface area (Å²) in [7, 11) is -7.51. The van der Waals surface area contributed by atoms with Crippen molar-refractivity contribution in [2.45, 2.75) is 30.8 Å². The molecule has 0 aliphatic heterocycles. The second kappa shape index (κ2) is 7.05. The second-order valence-corrected chi connectivity index (χ2v) is 10.3. The number of benzene rings is 1. The fourth-order valence-electron chi connectivity index (χ4n) is 2.86. The molecule has 0 radical (unpaired) electrons. The van der Waals surface area contributed by atoms with Crippen molar-refractivity contribution >= 4 is 26.2 Å². The van der Waals surface area contributed by atoms with Crippen LogP contribution >= 0.6 is 15.2 Å². The van der Waals surface area contributed by atoms with Crippen LogP contribution in [0.15, 0.2) is 23.0 Å². The van der Waals surface area contributed by atoms with E-state index in [1.165, 1.54) is 9.13 Å². The number of aliphatic hydroxyl groups is 1. The first-order valence-corrected chi connectivity index (χ1v) is 11.0. The van der Waals surface area contributed by atoms with Gasteiger partial charge in [-0.15, -0.1) is 0 Å². The minimum Gasteiger partial charge on any atom is -0.368 e. The molecule has 0 amide bonds. The third-order valence-electron chi connectivity index (χ3n) is 4.50. The molecule has 1 aromatic heterocycles. The number of nitrogens with zero attached hydrogens (tertiary/aromatic N) is 2. The zero-order valence-corrected chi connectivity index (χ0v) is 16.1. The van der Waals surface area contributed by atoms with Gasteiger partial charge in [-0.2, -0.15) is 0 Å². The van der Waals surface area contributed by atoms with E-state index in [2.05, 4.69) is 0 Å². The maximum Gasteiger partial charge on any atom is 0.369 e. The van der Waals surface area contributed by atoms with Crippen molar-refractivity contribution in [3.63, 3.8) is 0 Å². The van der Waals surface area contributed by atoms with Crippen LogP contribution in [0.25, 0.3) is 11.0 Å². The van der Waals surface area contributed by atoms with Gasteiger partial charge in [-0.25, -0.2) is 4.79 Å². The Morgan fingerprint density at radius 2 is 1.50 bits per heavy atom. The summed E-state index contributed by atoms with van der Waals surface area (Å²) in [5, 5.41) is 6.46. The SMILES string of the molecule is Cn1c(=O)n(C)c2cc(CCCCC(O)(P(=O)(O)O)P(=O)(O)O)ccc21. The first kappa shape index (κ1) is 21.1. The van der Waals surface area contributed by atoms with Crippen LogP contribution in [0, 0.1) is 0 Å². The molecule has 5 N–H and O–H groups in total. The standard InChI is InChI=1S/C14H22N2O8P2/c1-15-11-7-6-10(9-12(11)16(2)13(15)17)5-3-4-8-14(18,25(19,20)21)26(22,23)24/h6-7,9,18H,3-5,8H2,1-2H3,(H2,19,20,21)(H2,22,23,24). The van der Waals surface area contributed by atoms with Crippen molar-refractivity contribution in [3.05, 3.63) is 34.2 Å².